The number of fused-ring (bicyclic) bond motifs is 1. The molecule has 1 saturated heterocycles. The smallest absolute Gasteiger partial charge is 0.271 e. The largest absolute Gasteiger partial charge is 0.454 e. The number of hydrogen-bond acceptors (Lipinski definition) is 5. The van der Waals surface area contributed by atoms with Gasteiger partial charge in [0.25, 0.3) is 5.91 Å². The van der Waals surface area contributed by atoms with Crippen LogP contribution in [0.15, 0.2) is 35.2 Å². The summed E-state index contributed by atoms with van der Waals surface area (Å²) >= 11 is 7.41. The summed E-state index contributed by atoms with van der Waals surface area (Å²) in [5, 5.41) is 8.85. The van der Waals surface area contributed by atoms with Gasteiger partial charge >= 0.3 is 0 Å². The second-order valence-electron chi connectivity index (χ2n) is 6.05. The highest BCUT2D eigenvalue weighted by Crippen LogP contribution is 2.40. The van der Waals surface area contributed by atoms with Crippen LogP contribution in [0.1, 0.15) is 16.7 Å². The van der Waals surface area contributed by atoms with Crippen LogP contribution >= 0.6 is 23.4 Å². The highest BCUT2D eigenvalue weighted by molar-refractivity contribution is 8.19. The van der Waals surface area contributed by atoms with E-state index in [2.05, 4.69) is 0 Å². The van der Waals surface area contributed by atoms with E-state index in [1.807, 2.05) is 32.0 Å². The number of anilines is 1. The number of halogens is 1. The minimum absolute atomic E-state index is 0.157. The van der Waals surface area contributed by atoms with Gasteiger partial charge in [-0.1, -0.05) is 17.7 Å². The summed E-state index contributed by atoms with van der Waals surface area (Å²) in [4.78, 5) is 14.7. The highest BCUT2D eigenvalue weighted by atomic mass is 35.5. The topological polar surface area (TPSA) is 62.6 Å². The van der Waals surface area contributed by atoms with E-state index in [9.17, 15) is 4.79 Å². The van der Waals surface area contributed by atoms with Gasteiger partial charge in [-0.05, 0) is 66.6 Å². The number of amidine groups is 1. The molecule has 0 unspecified atom stereocenters. The lowest BCUT2D eigenvalue weighted by Gasteiger charge is -2.15. The van der Waals surface area contributed by atoms with Gasteiger partial charge in [0.05, 0.1) is 15.6 Å². The number of carbonyl (C=O) groups excluding carboxylic acids is 1. The molecule has 0 aromatic heterocycles. The van der Waals surface area contributed by atoms with Crippen LogP contribution in [0.2, 0.25) is 5.02 Å². The maximum atomic E-state index is 12.9. The molecule has 5 nitrogen and oxygen atoms in total. The average Bonchev–Trinajstić information content (AvgIpc) is 3.15. The Hall–Kier alpha value is -2.44. The number of hydrogen-bond donors (Lipinski definition) is 1. The number of rotatable bonds is 2. The molecule has 0 radical (unpaired) electrons. The van der Waals surface area contributed by atoms with E-state index in [-0.39, 0.29) is 17.9 Å². The Morgan fingerprint density at radius 1 is 1.15 bits per heavy atom. The first-order chi connectivity index (χ1) is 12.4. The molecule has 7 heteroatoms. The number of benzene rings is 2. The van der Waals surface area contributed by atoms with Crippen molar-refractivity contribution in [3.63, 3.8) is 0 Å². The molecule has 1 N–H and O–H groups in total. The zero-order valence-corrected chi connectivity index (χ0v) is 15.7. The van der Waals surface area contributed by atoms with Crippen LogP contribution in [-0.4, -0.2) is 17.9 Å². The Balaban J connectivity index is 1.69. The maximum Gasteiger partial charge on any atom is 0.271 e. The van der Waals surface area contributed by atoms with Gasteiger partial charge < -0.3 is 9.47 Å². The molecule has 132 valence electrons. The van der Waals surface area contributed by atoms with Gasteiger partial charge in [0.15, 0.2) is 16.7 Å². The van der Waals surface area contributed by atoms with E-state index in [0.29, 0.717) is 32.7 Å². The van der Waals surface area contributed by atoms with Gasteiger partial charge in [-0.15, -0.1) is 0 Å². The Morgan fingerprint density at radius 2 is 1.88 bits per heavy atom. The second-order valence-corrected chi connectivity index (χ2v) is 7.49. The lowest BCUT2D eigenvalue weighted by Crippen LogP contribution is -2.28. The van der Waals surface area contributed by atoms with Gasteiger partial charge in [-0.25, -0.2) is 0 Å². The lowest BCUT2D eigenvalue weighted by atomic mass is 10.1. The molecule has 2 aromatic rings. The molecule has 2 aromatic carbocycles. The minimum Gasteiger partial charge on any atom is -0.454 e. The molecule has 0 bridgehead atoms. The molecule has 0 saturated carbocycles. The molecule has 2 aliphatic heterocycles. The third kappa shape index (κ3) is 2.85. The van der Waals surface area contributed by atoms with Gasteiger partial charge in [-0.2, -0.15) is 0 Å². The molecule has 2 aliphatic rings. The molecule has 2 heterocycles. The third-order valence-corrected chi connectivity index (χ3v) is 5.57. The van der Waals surface area contributed by atoms with Crippen LogP contribution in [0, 0.1) is 19.3 Å². The number of ether oxygens (including phenoxy) is 2. The lowest BCUT2D eigenvalue weighted by molar-refractivity contribution is -0.113. The van der Waals surface area contributed by atoms with Crippen LogP contribution in [0.3, 0.4) is 0 Å². The van der Waals surface area contributed by atoms with Crippen LogP contribution in [0.4, 0.5) is 5.69 Å². The predicted octanol–water partition coefficient (Wildman–Crippen LogP) is 4.74. The third-order valence-electron chi connectivity index (χ3n) is 4.35. The van der Waals surface area contributed by atoms with Crippen LogP contribution in [0.25, 0.3) is 6.08 Å². The SMILES string of the molecule is Cc1ccc(N2C(=N)S/C(=C\c3cc4c(cc3Cl)OCO4)C2=O)cc1C. The van der Waals surface area contributed by atoms with Crippen molar-refractivity contribution in [2.75, 3.05) is 11.7 Å². The Bertz CT molecular complexity index is 987. The first-order valence-electron chi connectivity index (χ1n) is 7.93. The predicted molar refractivity (Wildman–Crippen MR) is 104 cm³/mol. The summed E-state index contributed by atoms with van der Waals surface area (Å²) in [7, 11) is 0. The highest BCUT2D eigenvalue weighted by Gasteiger charge is 2.34. The number of nitrogens with zero attached hydrogens (tertiary/aromatic N) is 1. The molecule has 0 spiro atoms. The Labute approximate surface area is 160 Å². The number of carbonyl (C=O) groups is 1. The summed E-state index contributed by atoms with van der Waals surface area (Å²) in [5.74, 6) is 0.946. The van der Waals surface area contributed by atoms with Crippen molar-refractivity contribution in [1.29, 1.82) is 5.41 Å². The molecular formula is C19H15ClN2O3S. The standard InChI is InChI=1S/C19H15ClN2O3S/c1-10-3-4-13(5-11(10)2)22-18(23)17(26-19(22)21)7-12-6-15-16(8-14(12)20)25-9-24-15/h3-8,21H,9H2,1-2H3/b17-7-,21-19?. The summed E-state index contributed by atoms with van der Waals surface area (Å²) in [5.41, 5.74) is 3.56. The number of nitrogens with one attached hydrogen (secondary N) is 1. The van der Waals surface area contributed by atoms with Crippen molar-refractivity contribution >= 4 is 46.2 Å². The van der Waals surface area contributed by atoms with Crippen molar-refractivity contribution in [3.8, 4) is 11.5 Å². The zero-order valence-electron chi connectivity index (χ0n) is 14.1. The zero-order chi connectivity index (χ0) is 18.4. The monoisotopic (exact) mass is 386 g/mol. The number of thioether (sulfide) groups is 1. The Morgan fingerprint density at radius 3 is 2.62 bits per heavy atom. The van der Waals surface area contributed by atoms with E-state index >= 15 is 0 Å². The van der Waals surface area contributed by atoms with Crippen molar-refractivity contribution < 1.29 is 14.3 Å². The van der Waals surface area contributed by atoms with Crippen LogP contribution in [-0.2, 0) is 4.79 Å². The molecule has 0 atom stereocenters. The van der Waals surface area contributed by atoms with Crippen molar-refractivity contribution in [2.45, 2.75) is 13.8 Å². The van der Waals surface area contributed by atoms with E-state index in [1.165, 1.54) is 4.90 Å². The summed E-state index contributed by atoms with van der Waals surface area (Å²) in [6.07, 6.45) is 1.69. The summed E-state index contributed by atoms with van der Waals surface area (Å²) in [6, 6.07) is 9.14. The quantitative estimate of drug-likeness (QED) is 0.757. The van der Waals surface area contributed by atoms with Crippen LogP contribution in [0.5, 0.6) is 11.5 Å². The van der Waals surface area contributed by atoms with Crippen LogP contribution < -0.4 is 14.4 Å². The van der Waals surface area contributed by atoms with Gasteiger partial charge in [0.1, 0.15) is 0 Å². The molecule has 1 amide bonds. The summed E-state index contributed by atoms with van der Waals surface area (Å²) in [6.45, 7) is 4.15. The normalized spacial score (nSPS) is 17.5. The van der Waals surface area contributed by atoms with Crippen molar-refractivity contribution in [3.05, 3.63) is 56.9 Å². The van der Waals surface area contributed by atoms with E-state index in [0.717, 1.165) is 22.9 Å². The molecular weight excluding hydrogens is 372 g/mol. The molecule has 26 heavy (non-hydrogen) atoms. The van der Waals surface area contributed by atoms with Crippen molar-refractivity contribution in [2.24, 2.45) is 0 Å². The van der Waals surface area contributed by atoms with Gasteiger partial charge in [0.2, 0.25) is 6.79 Å². The number of aryl methyl sites for hydroxylation is 2. The molecule has 0 aliphatic carbocycles. The minimum atomic E-state index is -0.239. The van der Waals surface area contributed by atoms with E-state index in [1.54, 1.807) is 18.2 Å². The van der Waals surface area contributed by atoms with Gasteiger partial charge in [-0.3, -0.25) is 15.1 Å². The first kappa shape index (κ1) is 17.0. The number of amides is 1. The van der Waals surface area contributed by atoms with Crippen molar-refractivity contribution in [1.82, 2.24) is 0 Å². The molecule has 4 rings (SSSR count). The van der Waals surface area contributed by atoms with Gasteiger partial charge in [0, 0.05) is 6.07 Å². The molecule has 1 fully saturated rings. The van der Waals surface area contributed by atoms with E-state index < -0.39 is 0 Å². The fraction of sp³-hybridized carbons (Fsp3) is 0.158. The second kappa shape index (κ2) is 6.37. The fourth-order valence-electron chi connectivity index (χ4n) is 2.77. The average molecular weight is 387 g/mol. The maximum absolute atomic E-state index is 12.9. The fourth-order valence-corrected chi connectivity index (χ4v) is 3.83. The summed E-state index contributed by atoms with van der Waals surface area (Å²) < 4.78 is 10.7. The first-order valence-corrected chi connectivity index (χ1v) is 9.12. The van der Waals surface area contributed by atoms with E-state index in [4.69, 9.17) is 26.5 Å². The Kier molecular flexibility index (Phi) is 4.17.